The third kappa shape index (κ3) is 3.70. The van der Waals surface area contributed by atoms with Crippen molar-refractivity contribution >= 4 is 32.9 Å². The SMILES string of the molecule is c1cc(Nc2cccc(-c3nccc4ccccc34)c2)cc(-c2nccc3ccccc23)c1. The van der Waals surface area contributed by atoms with Gasteiger partial charge in [-0.05, 0) is 47.2 Å². The normalized spacial score (nSPS) is 11.0. The fourth-order valence-corrected chi connectivity index (χ4v) is 4.35. The van der Waals surface area contributed by atoms with Crippen LogP contribution in [0.2, 0.25) is 0 Å². The van der Waals surface area contributed by atoms with E-state index in [1.165, 1.54) is 10.8 Å². The third-order valence-electron chi connectivity index (χ3n) is 5.91. The number of benzene rings is 4. The molecular weight excluding hydrogens is 402 g/mol. The molecular formula is C30H21N3. The van der Waals surface area contributed by atoms with E-state index < -0.39 is 0 Å². The Kier molecular flexibility index (Phi) is 4.78. The molecule has 3 nitrogen and oxygen atoms in total. The number of aromatic nitrogens is 2. The zero-order valence-corrected chi connectivity index (χ0v) is 17.9. The van der Waals surface area contributed by atoms with Gasteiger partial charge in [0, 0.05) is 45.7 Å². The second kappa shape index (κ2) is 8.21. The first kappa shape index (κ1) is 19.2. The smallest absolute Gasteiger partial charge is 0.0781 e. The number of anilines is 2. The molecule has 0 fully saturated rings. The second-order valence-electron chi connectivity index (χ2n) is 8.05. The van der Waals surface area contributed by atoms with Crippen LogP contribution in [0.25, 0.3) is 44.1 Å². The van der Waals surface area contributed by atoms with Gasteiger partial charge in [0.15, 0.2) is 0 Å². The van der Waals surface area contributed by atoms with Crippen molar-refractivity contribution in [3.63, 3.8) is 0 Å². The molecule has 156 valence electrons. The molecule has 0 bridgehead atoms. The summed E-state index contributed by atoms with van der Waals surface area (Å²) in [5, 5.41) is 8.25. The van der Waals surface area contributed by atoms with Crippen molar-refractivity contribution in [3.8, 4) is 22.5 Å². The van der Waals surface area contributed by atoms with E-state index in [0.717, 1.165) is 44.7 Å². The molecule has 3 heteroatoms. The van der Waals surface area contributed by atoms with Crippen LogP contribution in [-0.2, 0) is 0 Å². The molecule has 6 aromatic rings. The van der Waals surface area contributed by atoms with Crippen molar-refractivity contribution in [3.05, 3.63) is 122 Å². The molecule has 0 saturated carbocycles. The predicted octanol–water partition coefficient (Wildman–Crippen LogP) is 7.86. The fraction of sp³-hybridized carbons (Fsp3) is 0. The highest BCUT2D eigenvalue weighted by molar-refractivity contribution is 5.96. The van der Waals surface area contributed by atoms with Crippen molar-refractivity contribution in [2.24, 2.45) is 0 Å². The number of fused-ring (bicyclic) bond motifs is 2. The quantitative estimate of drug-likeness (QED) is 0.314. The van der Waals surface area contributed by atoms with E-state index in [2.05, 4.69) is 112 Å². The lowest BCUT2D eigenvalue weighted by atomic mass is 10.0. The predicted molar refractivity (Wildman–Crippen MR) is 138 cm³/mol. The van der Waals surface area contributed by atoms with Gasteiger partial charge in [0.2, 0.25) is 0 Å². The molecule has 0 aliphatic carbocycles. The first-order chi connectivity index (χ1) is 16.3. The lowest BCUT2D eigenvalue weighted by Gasteiger charge is -2.12. The molecule has 0 saturated heterocycles. The van der Waals surface area contributed by atoms with E-state index in [4.69, 9.17) is 0 Å². The third-order valence-corrected chi connectivity index (χ3v) is 5.91. The monoisotopic (exact) mass is 423 g/mol. The van der Waals surface area contributed by atoms with Gasteiger partial charge >= 0.3 is 0 Å². The fourth-order valence-electron chi connectivity index (χ4n) is 4.35. The summed E-state index contributed by atoms with van der Waals surface area (Å²) in [5.74, 6) is 0. The molecule has 2 aromatic heterocycles. The zero-order chi connectivity index (χ0) is 22.0. The van der Waals surface area contributed by atoms with Crippen LogP contribution in [0, 0.1) is 0 Å². The summed E-state index contributed by atoms with van der Waals surface area (Å²) < 4.78 is 0. The molecule has 0 unspecified atom stereocenters. The summed E-state index contributed by atoms with van der Waals surface area (Å²) in [5.41, 5.74) is 6.19. The highest BCUT2D eigenvalue weighted by atomic mass is 14.9. The molecule has 0 spiro atoms. The van der Waals surface area contributed by atoms with Crippen molar-refractivity contribution in [2.75, 3.05) is 5.32 Å². The maximum atomic E-state index is 4.67. The average Bonchev–Trinajstić information content (AvgIpc) is 2.88. The highest BCUT2D eigenvalue weighted by Gasteiger charge is 2.08. The molecule has 33 heavy (non-hydrogen) atoms. The molecule has 0 aliphatic heterocycles. The molecule has 6 rings (SSSR count). The minimum Gasteiger partial charge on any atom is -0.355 e. The Morgan fingerprint density at radius 2 is 0.939 bits per heavy atom. The maximum Gasteiger partial charge on any atom is 0.0781 e. The summed E-state index contributed by atoms with van der Waals surface area (Å²) in [7, 11) is 0. The Bertz CT molecular complexity index is 1470. The van der Waals surface area contributed by atoms with Gasteiger partial charge in [-0.3, -0.25) is 9.97 Å². The molecule has 2 heterocycles. The van der Waals surface area contributed by atoms with E-state index in [1.54, 1.807) is 0 Å². The first-order valence-corrected chi connectivity index (χ1v) is 11.0. The van der Waals surface area contributed by atoms with Gasteiger partial charge in [0.1, 0.15) is 0 Å². The lowest BCUT2D eigenvalue weighted by molar-refractivity contribution is 1.35. The number of pyridine rings is 2. The molecule has 0 atom stereocenters. The van der Waals surface area contributed by atoms with E-state index in [9.17, 15) is 0 Å². The summed E-state index contributed by atoms with van der Waals surface area (Å²) in [6, 6.07) is 37.6. The van der Waals surface area contributed by atoms with E-state index in [0.29, 0.717) is 0 Å². The van der Waals surface area contributed by atoms with E-state index in [1.807, 2.05) is 24.5 Å². The number of hydrogen-bond acceptors (Lipinski definition) is 3. The van der Waals surface area contributed by atoms with Gasteiger partial charge in [0.25, 0.3) is 0 Å². The molecule has 0 radical (unpaired) electrons. The van der Waals surface area contributed by atoms with Gasteiger partial charge in [-0.2, -0.15) is 0 Å². The summed E-state index contributed by atoms with van der Waals surface area (Å²) >= 11 is 0. The Morgan fingerprint density at radius 1 is 0.455 bits per heavy atom. The van der Waals surface area contributed by atoms with Crippen LogP contribution in [0.4, 0.5) is 11.4 Å². The number of rotatable bonds is 4. The lowest BCUT2D eigenvalue weighted by Crippen LogP contribution is -1.93. The summed E-state index contributed by atoms with van der Waals surface area (Å²) in [6.07, 6.45) is 3.75. The average molecular weight is 424 g/mol. The number of hydrogen-bond donors (Lipinski definition) is 1. The molecule has 0 amide bonds. The van der Waals surface area contributed by atoms with Crippen LogP contribution >= 0.6 is 0 Å². The van der Waals surface area contributed by atoms with Crippen LogP contribution in [0.15, 0.2) is 122 Å². The first-order valence-electron chi connectivity index (χ1n) is 11.0. The Hall–Kier alpha value is -4.50. The molecule has 4 aromatic carbocycles. The standard InChI is InChI=1S/C30H21N3/c1-3-13-27-21(7-1)15-17-31-29(27)23-9-5-11-25(19-23)33-26-12-6-10-24(20-26)30-28-14-4-2-8-22(28)16-18-32-30/h1-20,33H. The highest BCUT2D eigenvalue weighted by Crippen LogP contribution is 2.31. The Balaban J connectivity index is 1.36. The van der Waals surface area contributed by atoms with Gasteiger partial charge in [-0.15, -0.1) is 0 Å². The summed E-state index contributed by atoms with van der Waals surface area (Å²) in [6.45, 7) is 0. The van der Waals surface area contributed by atoms with Gasteiger partial charge in [0.05, 0.1) is 11.4 Å². The van der Waals surface area contributed by atoms with Crippen LogP contribution < -0.4 is 5.32 Å². The maximum absolute atomic E-state index is 4.67. The van der Waals surface area contributed by atoms with Gasteiger partial charge < -0.3 is 5.32 Å². The molecule has 1 N–H and O–H groups in total. The number of nitrogens with one attached hydrogen (secondary N) is 1. The van der Waals surface area contributed by atoms with Gasteiger partial charge in [-0.1, -0.05) is 72.8 Å². The largest absolute Gasteiger partial charge is 0.355 e. The van der Waals surface area contributed by atoms with Crippen molar-refractivity contribution < 1.29 is 0 Å². The molecule has 0 aliphatic rings. The van der Waals surface area contributed by atoms with E-state index in [-0.39, 0.29) is 0 Å². The minimum atomic E-state index is 0.991. The van der Waals surface area contributed by atoms with E-state index >= 15 is 0 Å². The Labute approximate surface area is 192 Å². The van der Waals surface area contributed by atoms with Crippen molar-refractivity contribution in [1.82, 2.24) is 9.97 Å². The number of nitrogens with zero attached hydrogens (tertiary/aromatic N) is 2. The topological polar surface area (TPSA) is 37.8 Å². The van der Waals surface area contributed by atoms with Crippen LogP contribution in [0.3, 0.4) is 0 Å². The summed E-state index contributed by atoms with van der Waals surface area (Å²) in [4.78, 5) is 9.34. The second-order valence-corrected chi connectivity index (χ2v) is 8.05. The van der Waals surface area contributed by atoms with Crippen LogP contribution in [-0.4, -0.2) is 9.97 Å². The van der Waals surface area contributed by atoms with Gasteiger partial charge in [-0.25, -0.2) is 0 Å². The van der Waals surface area contributed by atoms with Crippen molar-refractivity contribution in [2.45, 2.75) is 0 Å². The van der Waals surface area contributed by atoms with Crippen LogP contribution in [0.1, 0.15) is 0 Å². The van der Waals surface area contributed by atoms with Crippen molar-refractivity contribution in [1.29, 1.82) is 0 Å². The Morgan fingerprint density at radius 3 is 1.45 bits per heavy atom. The minimum absolute atomic E-state index is 0.991. The van der Waals surface area contributed by atoms with Crippen LogP contribution in [0.5, 0.6) is 0 Å². The zero-order valence-electron chi connectivity index (χ0n) is 17.9.